The standard InChI is InChI=1S/C11H11ClN2O.C2H6/c1-7-2-10-11(3-9(7)12)14(6-13-10)8-4-15-5-8;1-2/h2-3,6,8H,4-5H2,1H3;1-2H3. The Morgan fingerprint density at radius 2 is 2.06 bits per heavy atom. The van der Waals surface area contributed by atoms with Crippen LogP contribution in [0.2, 0.25) is 5.02 Å². The Labute approximate surface area is 106 Å². The van der Waals surface area contributed by atoms with Crippen molar-refractivity contribution in [1.82, 2.24) is 9.55 Å². The number of aromatic nitrogens is 2. The second-order valence-corrected chi connectivity index (χ2v) is 4.34. The molecule has 1 aliphatic rings. The third-order valence-electron chi connectivity index (χ3n) is 2.87. The average molecular weight is 253 g/mol. The first kappa shape index (κ1) is 12.4. The van der Waals surface area contributed by atoms with Gasteiger partial charge in [0.2, 0.25) is 0 Å². The first-order chi connectivity index (χ1) is 8.25. The highest BCUT2D eigenvalue weighted by molar-refractivity contribution is 6.32. The second-order valence-electron chi connectivity index (χ2n) is 3.93. The van der Waals surface area contributed by atoms with Crippen LogP contribution in [0.25, 0.3) is 11.0 Å². The van der Waals surface area contributed by atoms with Gasteiger partial charge in [0.05, 0.1) is 36.6 Å². The molecule has 1 aliphatic heterocycles. The molecule has 0 bridgehead atoms. The lowest BCUT2D eigenvalue weighted by Gasteiger charge is -2.27. The second kappa shape index (κ2) is 5.07. The molecular formula is C13H17ClN2O. The Bertz CT molecular complexity index is 517. The zero-order valence-electron chi connectivity index (χ0n) is 10.4. The minimum Gasteiger partial charge on any atom is -0.377 e. The highest BCUT2D eigenvalue weighted by Gasteiger charge is 2.22. The van der Waals surface area contributed by atoms with Crippen molar-refractivity contribution >= 4 is 22.6 Å². The van der Waals surface area contributed by atoms with Crippen molar-refractivity contribution in [3.63, 3.8) is 0 Å². The van der Waals surface area contributed by atoms with Gasteiger partial charge >= 0.3 is 0 Å². The molecular weight excluding hydrogens is 236 g/mol. The average Bonchev–Trinajstić information content (AvgIpc) is 2.64. The van der Waals surface area contributed by atoms with Crippen molar-refractivity contribution in [2.45, 2.75) is 26.8 Å². The molecule has 4 heteroatoms. The van der Waals surface area contributed by atoms with E-state index in [1.165, 1.54) is 0 Å². The Morgan fingerprint density at radius 1 is 1.35 bits per heavy atom. The summed E-state index contributed by atoms with van der Waals surface area (Å²) in [5.74, 6) is 0. The molecule has 1 saturated heterocycles. The van der Waals surface area contributed by atoms with Gasteiger partial charge < -0.3 is 9.30 Å². The molecule has 1 aromatic carbocycles. The van der Waals surface area contributed by atoms with Crippen LogP contribution in [0.1, 0.15) is 25.5 Å². The van der Waals surface area contributed by atoms with Gasteiger partial charge in [0, 0.05) is 5.02 Å². The number of halogens is 1. The van der Waals surface area contributed by atoms with Gasteiger partial charge in [-0.2, -0.15) is 0 Å². The minimum absolute atomic E-state index is 0.425. The summed E-state index contributed by atoms with van der Waals surface area (Å²) in [5, 5.41) is 0.796. The summed E-state index contributed by atoms with van der Waals surface area (Å²) in [7, 11) is 0. The maximum absolute atomic E-state index is 6.11. The number of aryl methyl sites for hydroxylation is 1. The lowest BCUT2D eigenvalue weighted by atomic mass is 10.2. The maximum atomic E-state index is 6.11. The third kappa shape index (κ3) is 2.17. The minimum atomic E-state index is 0.425. The van der Waals surface area contributed by atoms with E-state index in [1.807, 2.05) is 39.2 Å². The van der Waals surface area contributed by atoms with Gasteiger partial charge in [0.15, 0.2) is 0 Å². The number of hydrogen-bond donors (Lipinski definition) is 0. The molecule has 2 heterocycles. The zero-order chi connectivity index (χ0) is 12.4. The van der Waals surface area contributed by atoms with Crippen molar-refractivity contribution in [2.75, 3.05) is 13.2 Å². The molecule has 92 valence electrons. The smallest absolute Gasteiger partial charge is 0.0962 e. The van der Waals surface area contributed by atoms with E-state index in [-0.39, 0.29) is 0 Å². The van der Waals surface area contributed by atoms with Gasteiger partial charge in [0.1, 0.15) is 0 Å². The molecule has 1 aromatic heterocycles. The van der Waals surface area contributed by atoms with Gasteiger partial charge in [-0.1, -0.05) is 25.4 Å². The van der Waals surface area contributed by atoms with Crippen LogP contribution in [0.15, 0.2) is 18.5 Å². The van der Waals surface area contributed by atoms with Crippen molar-refractivity contribution in [1.29, 1.82) is 0 Å². The van der Waals surface area contributed by atoms with Crippen LogP contribution >= 0.6 is 11.6 Å². The van der Waals surface area contributed by atoms with E-state index in [9.17, 15) is 0 Å². The number of benzene rings is 1. The van der Waals surface area contributed by atoms with Crippen molar-refractivity contribution in [3.05, 3.63) is 29.0 Å². The van der Waals surface area contributed by atoms with Crippen LogP contribution in [0.4, 0.5) is 0 Å². The van der Waals surface area contributed by atoms with Crippen LogP contribution in [0.5, 0.6) is 0 Å². The molecule has 0 saturated carbocycles. The Kier molecular flexibility index (Phi) is 3.69. The molecule has 3 rings (SSSR count). The zero-order valence-corrected chi connectivity index (χ0v) is 11.2. The molecule has 1 fully saturated rings. The van der Waals surface area contributed by atoms with Crippen LogP contribution in [0, 0.1) is 6.92 Å². The lowest BCUT2D eigenvalue weighted by Crippen LogP contribution is -2.30. The normalized spacial score (nSPS) is 15.3. The largest absolute Gasteiger partial charge is 0.377 e. The van der Waals surface area contributed by atoms with Gasteiger partial charge in [-0.25, -0.2) is 4.98 Å². The molecule has 0 N–H and O–H groups in total. The van der Waals surface area contributed by atoms with E-state index < -0.39 is 0 Å². The van der Waals surface area contributed by atoms with E-state index in [0.717, 1.165) is 34.8 Å². The summed E-state index contributed by atoms with van der Waals surface area (Å²) >= 11 is 6.11. The summed E-state index contributed by atoms with van der Waals surface area (Å²) in [5.41, 5.74) is 3.17. The predicted octanol–water partition coefficient (Wildman–Crippen LogP) is 3.60. The summed E-state index contributed by atoms with van der Waals surface area (Å²) in [4.78, 5) is 4.37. The highest BCUT2D eigenvalue weighted by atomic mass is 35.5. The lowest BCUT2D eigenvalue weighted by molar-refractivity contribution is -0.0216. The van der Waals surface area contributed by atoms with Crippen LogP contribution in [-0.4, -0.2) is 22.8 Å². The van der Waals surface area contributed by atoms with Crippen LogP contribution in [-0.2, 0) is 4.74 Å². The monoisotopic (exact) mass is 252 g/mol. The molecule has 2 aromatic rings. The summed E-state index contributed by atoms with van der Waals surface area (Å²) in [6.07, 6.45) is 1.87. The summed E-state index contributed by atoms with van der Waals surface area (Å²) in [6.45, 7) is 7.54. The first-order valence-electron chi connectivity index (χ1n) is 5.96. The fourth-order valence-electron chi connectivity index (χ4n) is 1.83. The van der Waals surface area contributed by atoms with Gasteiger partial charge in [0.25, 0.3) is 0 Å². The molecule has 17 heavy (non-hydrogen) atoms. The number of nitrogens with zero attached hydrogens (tertiary/aromatic N) is 2. The Balaban J connectivity index is 0.000000514. The molecule has 0 atom stereocenters. The van der Waals surface area contributed by atoms with Gasteiger partial charge in [-0.05, 0) is 24.6 Å². The molecule has 0 unspecified atom stereocenters. The van der Waals surface area contributed by atoms with E-state index >= 15 is 0 Å². The van der Waals surface area contributed by atoms with E-state index in [2.05, 4.69) is 9.55 Å². The number of ether oxygens (including phenoxy) is 1. The maximum Gasteiger partial charge on any atom is 0.0962 e. The van der Waals surface area contributed by atoms with Crippen molar-refractivity contribution < 1.29 is 4.74 Å². The third-order valence-corrected chi connectivity index (χ3v) is 3.28. The fraction of sp³-hybridized carbons (Fsp3) is 0.462. The Hall–Kier alpha value is -1.06. The molecule has 0 radical (unpaired) electrons. The van der Waals surface area contributed by atoms with Crippen LogP contribution in [0.3, 0.4) is 0 Å². The predicted molar refractivity (Wildman–Crippen MR) is 70.7 cm³/mol. The van der Waals surface area contributed by atoms with Gasteiger partial charge in [-0.15, -0.1) is 0 Å². The Morgan fingerprint density at radius 3 is 2.65 bits per heavy atom. The van der Waals surface area contributed by atoms with E-state index in [4.69, 9.17) is 16.3 Å². The summed E-state index contributed by atoms with van der Waals surface area (Å²) in [6, 6.07) is 4.43. The topological polar surface area (TPSA) is 27.1 Å². The van der Waals surface area contributed by atoms with Crippen molar-refractivity contribution in [3.8, 4) is 0 Å². The molecule has 0 amide bonds. The highest BCUT2D eigenvalue weighted by Crippen LogP contribution is 2.27. The quantitative estimate of drug-likeness (QED) is 0.776. The number of rotatable bonds is 1. The van der Waals surface area contributed by atoms with Gasteiger partial charge in [-0.3, -0.25) is 0 Å². The molecule has 3 nitrogen and oxygen atoms in total. The molecule has 0 aliphatic carbocycles. The summed E-state index contributed by atoms with van der Waals surface area (Å²) < 4.78 is 7.32. The molecule has 0 spiro atoms. The fourth-order valence-corrected chi connectivity index (χ4v) is 1.99. The SMILES string of the molecule is CC.Cc1cc2ncn(C3COC3)c2cc1Cl. The van der Waals surface area contributed by atoms with Crippen LogP contribution < -0.4 is 0 Å². The van der Waals surface area contributed by atoms with E-state index in [1.54, 1.807) is 0 Å². The number of imidazole rings is 1. The number of hydrogen-bond acceptors (Lipinski definition) is 2. The first-order valence-corrected chi connectivity index (χ1v) is 6.34. The van der Waals surface area contributed by atoms with E-state index in [0.29, 0.717) is 6.04 Å². The van der Waals surface area contributed by atoms with Crippen molar-refractivity contribution in [2.24, 2.45) is 0 Å². The number of fused-ring (bicyclic) bond motifs is 1.